The Hall–Kier alpha value is -6.26. The van der Waals surface area contributed by atoms with Crippen molar-refractivity contribution in [3.63, 3.8) is 0 Å². The number of rotatable bonds is 4. The van der Waals surface area contributed by atoms with E-state index in [1.807, 2.05) is 30.3 Å². The molecule has 1 unspecified atom stereocenters. The number of hydrogen-bond acceptors (Lipinski definition) is 3. The van der Waals surface area contributed by atoms with Gasteiger partial charge < -0.3 is 8.98 Å². The molecule has 0 N–H and O–H groups in total. The van der Waals surface area contributed by atoms with Crippen LogP contribution in [0.2, 0.25) is 0 Å². The Morgan fingerprint density at radius 1 is 0.604 bits per heavy atom. The van der Waals surface area contributed by atoms with Crippen molar-refractivity contribution in [1.29, 1.82) is 0 Å². The van der Waals surface area contributed by atoms with E-state index >= 15 is 0 Å². The van der Waals surface area contributed by atoms with Crippen LogP contribution in [0.25, 0.3) is 83.0 Å². The SMILES string of the molecule is C1=CCC(c2cccc3c2c2ccccc2n3-c2cccc3c2oc2cc(-c4nc(-c5ccccc5)c5ccccc5n4)ccc23)C=C1. The highest BCUT2D eigenvalue weighted by Gasteiger charge is 2.22. The molecule has 4 nitrogen and oxygen atoms in total. The monoisotopic (exact) mass is 615 g/mol. The molecular weight excluding hydrogens is 587 g/mol. The van der Waals surface area contributed by atoms with E-state index in [4.69, 9.17) is 14.4 Å². The van der Waals surface area contributed by atoms with Gasteiger partial charge in [-0.1, -0.05) is 121 Å². The number of fused-ring (bicyclic) bond motifs is 7. The smallest absolute Gasteiger partial charge is 0.160 e. The second-order valence-electron chi connectivity index (χ2n) is 12.5. The molecule has 0 spiro atoms. The largest absolute Gasteiger partial charge is 0.454 e. The lowest BCUT2D eigenvalue weighted by Crippen LogP contribution is -1.98. The highest BCUT2D eigenvalue weighted by atomic mass is 16.3. The van der Waals surface area contributed by atoms with Crippen molar-refractivity contribution >= 4 is 54.6 Å². The molecular formula is C44H29N3O. The lowest BCUT2D eigenvalue weighted by atomic mass is 9.89. The van der Waals surface area contributed by atoms with Crippen molar-refractivity contribution in [2.24, 2.45) is 0 Å². The number of allylic oxidation sites excluding steroid dienone is 4. The first kappa shape index (κ1) is 26.9. The Labute approximate surface area is 276 Å². The molecule has 6 aromatic carbocycles. The number of nitrogens with zero attached hydrogens (tertiary/aromatic N) is 3. The van der Waals surface area contributed by atoms with E-state index in [0.717, 1.165) is 61.8 Å². The Balaban J connectivity index is 1.18. The normalized spacial score (nSPS) is 14.6. The third kappa shape index (κ3) is 4.09. The van der Waals surface area contributed by atoms with Gasteiger partial charge in [0.1, 0.15) is 5.58 Å². The minimum Gasteiger partial charge on any atom is -0.454 e. The summed E-state index contributed by atoms with van der Waals surface area (Å²) in [5, 5.41) is 5.74. The first-order valence-corrected chi connectivity index (χ1v) is 16.5. The van der Waals surface area contributed by atoms with Gasteiger partial charge in [0.2, 0.25) is 0 Å². The van der Waals surface area contributed by atoms with Gasteiger partial charge in [-0.25, -0.2) is 9.97 Å². The molecule has 0 radical (unpaired) electrons. The summed E-state index contributed by atoms with van der Waals surface area (Å²) >= 11 is 0. The van der Waals surface area contributed by atoms with Crippen LogP contribution in [0.5, 0.6) is 0 Å². The Morgan fingerprint density at radius 2 is 1.40 bits per heavy atom. The number of aromatic nitrogens is 3. The zero-order valence-electron chi connectivity index (χ0n) is 26.0. The highest BCUT2D eigenvalue weighted by molar-refractivity contribution is 6.14. The van der Waals surface area contributed by atoms with Crippen LogP contribution in [-0.4, -0.2) is 14.5 Å². The van der Waals surface area contributed by atoms with Crippen molar-refractivity contribution in [3.8, 4) is 28.3 Å². The highest BCUT2D eigenvalue weighted by Crippen LogP contribution is 2.42. The third-order valence-corrected chi connectivity index (χ3v) is 9.74. The summed E-state index contributed by atoms with van der Waals surface area (Å²) in [6, 6.07) is 46.8. The molecule has 48 heavy (non-hydrogen) atoms. The van der Waals surface area contributed by atoms with Crippen molar-refractivity contribution in [2.45, 2.75) is 12.3 Å². The maximum absolute atomic E-state index is 6.82. The van der Waals surface area contributed by atoms with Gasteiger partial charge in [-0.2, -0.15) is 0 Å². The molecule has 1 aliphatic rings. The Bertz CT molecular complexity index is 2770. The van der Waals surface area contributed by atoms with Crippen molar-refractivity contribution in [2.75, 3.05) is 0 Å². The van der Waals surface area contributed by atoms with Gasteiger partial charge in [-0.3, -0.25) is 0 Å². The van der Waals surface area contributed by atoms with E-state index in [9.17, 15) is 0 Å². The van der Waals surface area contributed by atoms with Gasteiger partial charge >= 0.3 is 0 Å². The minimum atomic E-state index is 0.345. The summed E-state index contributed by atoms with van der Waals surface area (Å²) in [6.45, 7) is 0. The molecule has 3 heterocycles. The molecule has 0 bridgehead atoms. The van der Waals surface area contributed by atoms with Crippen LogP contribution in [0.1, 0.15) is 17.9 Å². The number of para-hydroxylation sites is 3. The first-order chi connectivity index (χ1) is 23.8. The Kier molecular flexibility index (Phi) is 5.97. The van der Waals surface area contributed by atoms with Crippen LogP contribution in [0, 0.1) is 0 Å². The van der Waals surface area contributed by atoms with Crippen LogP contribution in [0.4, 0.5) is 0 Å². The fourth-order valence-corrected chi connectivity index (χ4v) is 7.55. The van der Waals surface area contributed by atoms with Crippen LogP contribution in [0.15, 0.2) is 162 Å². The fourth-order valence-electron chi connectivity index (χ4n) is 7.55. The lowest BCUT2D eigenvalue weighted by Gasteiger charge is -2.15. The minimum absolute atomic E-state index is 0.345. The van der Waals surface area contributed by atoms with Crippen molar-refractivity contribution in [1.82, 2.24) is 14.5 Å². The van der Waals surface area contributed by atoms with E-state index in [2.05, 4.69) is 132 Å². The third-order valence-electron chi connectivity index (χ3n) is 9.74. The molecule has 0 saturated carbocycles. The average molecular weight is 616 g/mol. The van der Waals surface area contributed by atoms with Gasteiger partial charge in [-0.05, 0) is 48.4 Å². The predicted molar refractivity (Wildman–Crippen MR) is 198 cm³/mol. The van der Waals surface area contributed by atoms with Gasteiger partial charge in [0.25, 0.3) is 0 Å². The zero-order chi connectivity index (χ0) is 31.6. The molecule has 0 fully saturated rings. The van der Waals surface area contributed by atoms with E-state index in [-0.39, 0.29) is 0 Å². The lowest BCUT2D eigenvalue weighted by molar-refractivity contribution is 0.666. The standard InChI is InChI=1S/C44H29N3O/c1-3-13-28(14-4-1)31-19-11-23-38-41(31)35-18-8-10-22-37(35)47(38)39-24-12-20-33-32-26-25-30(27-40(32)48-43(33)39)44-45-36-21-9-7-17-34(36)42(46-44)29-15-5-2-6-16-29/h1-13,15-28H,14H2. The van der Waals surface area contributed by atoms with Crippen LogP contribution >= 0.6 is 0 Å². The van der Waals surface area contributed by atoms with Crippen molar-refractivity contribution in [3.05, 3.63) is 163 Å². The van der Waals surface area contributed by atoms with Crippen LogP contribution in [0.3, 0.4) is 0 Å². The summed E-state index contributed by atoms with van der Waals surface area (Å²) in [5.41, 5.74) is 10.2. The Morgan fingerprint density at radius 3 is 2.29 bits per heavy atom. The molecule has 0 saturated heterocycles. The summed E-state index contributed by atoms with van der Waals surface area (Å²) in [7, 11) is 0. The molecule has 1 atom stereocenters. The molecule has 0 amide bonds. The fraction of sp³-hybridized carbons (Fsp3) is 0.0455. The molecule has 226 valence electrons. The number of hydrogen-bond donors (Lipinski definition) is 0. The molecule has 0 aliphatic heterocycles. The maximum atomic E-state index is 6.82. The second kappa shape index (κ2) is 10.6. The van der Waals surface area contributed by atoms with Crippen molar-refractivity contribution < 1.29 is 4.42 Å². The summed E-state index contributed by atoms with van der Waals surface area (Å²) in [6.07, 6.45) is 9.89. The van der Waals surface area contributed by atoms with E-state index < -0.39 is 0 Å². The zero-order valence-corrected chi connectivity index (χ0v) is 26.0. The van der Waals surface area contributed by atoms with Gasteiger partial charge in [0.15, 0.2) is 11.4 Å². The maximum Gasteiger partial charge on any atom is 0.160 e. The molecule has 1 aliphatic carbocycles. The first-order valence-electron chi connectivity index (χ1n) is 16.5. The van der Waals surface area contributed by atoms with Gasteiger partial charge in [-0.15, -0.1) is 0 Å². The van der Waals surface area contributed by atoms with Gasteiger partial charge in [0.05, 0.1) is 27.9 Å². The van der Waals surface area contributed by atoms with E-state index in [1.54, 1.807) is 0 Å². The summed E-state index contributed by atoms with van der Waals surface area (Å²) < 4.78 is 9.20. The van der Waals surface area contributed by atoms with E-state index in [0.29, 0.717) is 11.7 Å². The molecule has 4 heteroatoms. The summed E-state index contributed by atoms with van der Waals surface area (Å²) in [4.78, 5) is 10.1. The second-order valence-corrected chi connectivity index (χ2v) is 12.5. The van der Waals surface area contributed by atoms with E-state index in [1.165, 1.54) is 27.4 Å². The average Bonchev–Trinajstić information content (AvgIpc) is 3.71. The van der Waals surface area contributed by atoms with Crippen LogP contribution in [-0.2, 0) is 0 Å². The molecule has 9 aromatic rings. The van der Waals surface area contributed by atoms with Gasteiger partial charge in [0, 0.05) is 44.0 Å². The summed E-state index contributed by atoms with van der Waals surface area (Å²) in [5.74, 6) is 1.02. The topological polar surface area (TPSA) is 43.9 Å². The molecule has 10 rings (SSSR count). The molecule has 3 aromatic heterocycles. The van der Waals surface area contributed by atoms with Crippen LogP contribution < -0.4 is 0 Å². The quantitative estimate of drug-likeness (QED) is 0.198. The number of furan rings is 1. The number of benzene rings is 6. The predicted octanol–water partition coefficient (Wildman–Crippen LogP) is 11.6.